The number of nitrogens with one attached hydrogen (secondary N) is 1. The summed E-state index contributed by atoms with van der Waals surface area (Å²) in [5.74, 6) is -0.516. The molecule has 0 aliphatic carbocycles. The van der Waals surface area contributed by atoms with E-state index in [9.17, 15) is 14.4 Å². The van der Waals surface area contributed by atoms with Crippen LogP contribution in [0.4, 0.5) is 5.69 Å². The SMILES string of the molecule is O=C(CC1Oc2ccccc2NC1=O)OCc1cc(=O)n2ccsc2n1. The molecule has 132 valence electrons. The van der Waals surface area contributed by atoms with Crippen LogP contribution in [0, 0.1) is 0 Å². The minimum absolute atomic E-state index is 0.145. The third-order valence-electron chi connectivity index (χ3n) is 3.80. The van der Waals surface area contributed by atoms with Crippen molar-refractivity contribution in [2.24, 2.45) is 0 Å². The molecule has 8 nitrogen and oxygen atoms in total. The summed E-state index contributed by atoms with van der Waals surface area (Å²) in [6, 6.07) is 8.29. The number of nitrogens with zero attached hydrogens (tertiary/aromatic N) is 2. The third-order valence-corrected chi connectivity index (χ3v) is 4.55. The van der Waals surface area contributed by atoms with Crippen LogP contribution in [-0.2, 0) is 20.9 Å². The van der Waals surface area contributed by atoms with Crippen molar-refractivity contribution in [3.05, 3.63) is 58.0 Å². The monoisotopic (exact) mass is 371 g/mol. The molecular weight excluding hydrogens is 358 g/mol. The Balaban J connectivity index is 1.39. The van der Waals surface area contributed by atoms with Gasteiger partial charge in [0.2, 0.25) is 0 Å². The Kier molecular flexibility index (Phi) is 4.13. The van der Waals surface area contributed by atoms with Gasteiger partial charge < -0.3 is 14.8 Å². The van der Waals surface area contributed by atoms with Crippen LogP contribution < -0.4 is 15.6 Å². The number of hydrogen-bond donors (Lipinski definition) is 1. The fraction of sp³-hybridized carbons (Fsp3) is 0.176. The van der Waals surface area contributed by atoms with Gasteiger partial charge in [-0.2, -0.15) is 0 Å². The van der Waals surface area contributed by atoms with E-state index in [0.717, 1.165) is 0 Å². The number of esters is 1. The summed E-state index contributed by atoms with van der Waals surface area (Å²) in [7, 11) is 0. The average Bonchev–Trinajstić information content (AvgIpc) is 3.10. The molecule has 1 atom stereocenters. The first-order valence-electron chi connectivity index (χ1n) is 7.78. The van der Waals surface area contributed by atoms with E-state index >= 15 is 0 Å². The summed E-state index contributed by atoms with van der Waals surface area (Å²) < 4.78 is 12.1. The van der Waals surface area contributed by atoms with E-state index < -0.39 is 18.0 Å². The second kappa shape index (κ2) is 6.60. The van der Waals surface area contributed by atoms with Crippen molar-refractivity contribution in [3.8, 4) is 5.75 Å². The number of amides is 1. The van der Waals surface area contributed by atoms with Gasteiger partial charge in [0.05, 0.1) is 17.8 Å². The zero-order valence-electron chi connectivity index (χ0n) is 13.4. The molecule has 1 aliphatic rings. The van der Waals surface area contributed by atoms with E-state index in [2.05, 4.69) is 10.3 Å². The number of rotatable bonds is 4. The summed E-state index contributed by atoms with van der Waals surface area (Å²) in [5, 5.41) is 4.43. The Morgan fingerprint density at radius 3 is 3.08 bits per heavy atom. The summed E-state index contributed by atoms with van der Waals surface area (Å²) in [4.78, 5) is 40.8. The van der Waals surface area contributed by atoms with Crippen LogP contribution in [0.3, 0.4) is 0 Å². The van der Waals surface area contributed by atoms with Gasteiger partial charge in [0.15, 0.2) is 11.1 Å². The summed E-state index contributed by atoms with van der Waals surface area (Å²) in [6.07, 6.45) is 0.429. The third kappa shape index (κ3) is 3.16. The highest BCUT2D eigenvalue weighted by molar-refractivity contribution is 7.15. The minimum Gasteiger partial charge on any atom is -0.478 e. The number of aromatic nitrogens is 2. The maximum atomic E-state index is 12.0. The molecule has 1 aromatic carbocycles. The van der Waals surface area contributed by atoms with Crippen molar-refractivity contribution >= 4 is 33.9 Å². The van der Waals surface area contributed by atoms with E-state index in [1.54, 1.807) is 35.8 Å². The van der Waals surface area contributed by atoms with E-state index in [1.165, 1.54) is 21.8 Å². The molecule has 1 N–H and O–H groups in total. The number of para-hydroxylation sites is 2. The standard InChI is InChI=1S/C17H13N3O5S/c21-14-7-10(18-17-20(14)5-6-26-17)9-24-15(22)8-13-16(23)19-11-3-1-2-4-12(11)25-13/h1-7,13H,8-9H2,(H,19,23). The summed E-state index contributed by atoms with van der Waals surface area (Å²) in [6.45, 7) is -0.145. The number of ether oxygens (including phenoxy) is 2. The van der Waals surface area contributed by atoms with Crippen molar-refractivity contribution in [2.45, 2.75) is 19.1 Å². The van der Waals surface area contributed by atoms with Crippen molar-refractivity contribution in [3.63, 3.8) is 0 Å². The highest BCUT2D eigenvalue weighted by atomic mass is 32.1. The molecule has 4 rings (SSSR count). The van der Waals surface area contributed by atoms with Gasteiger partial charge in [0, 0.05) is 17.6 Å². The second-order valence-corrected chi connectivity index (χ2v) is 6.47. The van der Waals surface area contributed by atoms with Gasteiger partial charge in [-0.05, 0) is 12.1 Å². The maximum absolute atomic E-state index is 12.0. The maximum Gasteiger partial charge on any atom is 0.310 e. The molecule has 0 radical (unpaired) electrons. The largest absolute Gasteiger partial charge is 0.478 e. The summed E-state index contributed by atoms with van der Waals surface area (Å²) in [5.41, 5.74) is 0.676. The predicted molar refractivity (Wildman–Crippen MR) is 93.2 cm³/mol. The molecule has 9 heteroatoms. The molecule has 0 saturated heterocycles. The summed E-state index contributed by atoms with van der Waals surface area (Å²) >= 11 is 1.31. The highest BCUT2D eigenvalue weighted by Gasteiger charge is 2.30. The van der Waals surface area contributed by atoms with Gasteiger partial charge in [-0.25, -0.2) is 4.98 Å². The van der Waals surface area contributed by atoms with Gasteiger partial charge in [-0.1, -0.05) is 12.1 Å². The van der Waals surface area contributed by atoms with Crippen LogP contribution in [0.25, 0.3) is 4.96 Å². The Morgan fingerprint density at radius 2 is 2.19 bits per heavy atom. The van der Waals surface area contributed by atoms with E-state index in [0.29, 0.717) is 22.1 Å². The van der Waals surface area contributed by atoms with Gasteiger partial charge in [-0.15, -0.1) is 11.3 Å². The van der Waals surface area contributed by atoms with E-state index in [4.69, 9.17) is 9.47 Å². The number of benzene rings is 1. The quantitative estimate of drug-likeness (QED) is 0.699. The first kappa shape index (κ1) is 16.3. The zero-order valence-corrected chi connectivity index (χ0v) is 14.2. The Bertz CT molecular complexity index is 1060. The van der Waals surface area contributed by atoms with Crippen LogP contribution in [0.5, 0.6) is 5.75 Å². The van der Waals surface area contributed by atoms with Crippen LogP contribution in [-0.4, -0.2) is 27.4 Å². The lowest BCUT2D eigenvalue weighted by Gasteiger charge is -2.25. The number of hydrogen-bond acceptors (Lipinski definition) is 7. The first-order valence-corrected chi connectivity index (χ1v) is 8.66. The molecule has 1 unspecified atom stereocenters. The van der Waals surface area contributed by atoms with Crippen molar-refractivity contribution in [1.29, 1.82) is 0 Å². The molecule has 3 aromatic rings. The molecule has 0 bridgehead atoms. The van der Waals surface area contributed by atoms with Crippen LogP contribution in [0.15, 0.2) is 46.7 Å². The van der Waals surface area contributed by atoms with Gasteiger partial charge in [0.25, 0.3) is 11.5 Å². The molecule has 0 spiro atoms. The number of carbonyl (C=O) groups excluding carboxylic acids is 2. The molecule has 0 saturated carbocycles. The van der Waals surface area contributed by atoms with Gasteiger partial charge in [0.1, 0.15) is 12.4 Å². The molecule has 2 aromatic heterocycles. The molecule has 3 heterocycles. The van der Waals surface area contributed by atoms with Crippen LogP contribution in [0.2, 0.25) is 0 Å². The normalized spacial score (nSPS) is 15.8. The van der Waals surface area contributed by atoms with Crippen molar-refractivity contribution < 1.29 is 19.1 Å². The highest BCUT2D eigenvalue weighted by Crippen LogP contribution is 2.29. The molecular formula is C17H13N3O5S. The minimum atomic E-state index is -0.962. The molecule has 1 amide bonds. The predicted octanol–water partition coefficient (Wildman–Crippen LogP) is 1.59. The molecule has 0 fully saturated rings. The zero-order chi connectivity index (χ0) is 18.1. The lowest BCUT2D eigenvalue weighted by molar-refractivity contribution is -0.149. The Morgan fingerprint density at radius 1 is 1.35 bits per heavy atom. The fourth-order valence-electron chi connectivity index (χ4n) is 2.55. The van der Waals surface area contributed by atoms with E-state index in [-0.39, 0.29) is 18.6 Å². The smallest absolute Gasteiger partial charge is 0.310 e. The molecule has 1 aliphatic heterocycles. The lowest BCUT2D eigenvalue weighted by Crippen LogP contribution is -2.38. The Labute approximate surface area is 151 Å². The fourth-order valence-corrected chi connectivity index (χ4v) is 3.29. The van der Waals surface area contributed by atoms with Gasteiger partial charge in [-0.3, -0.25) is 18.8 Å². The topological polar surface area (TPSA) is 99.0 Å². The second-order valence-electron chi connectivity index (χ2n) is 5.60. The van der Waals surface area contributed by atoms with Crippen LogP contribution >= 0.6 is 11.3 Å². The Hall–Kier alpha value is -3.20. The van der Waals surface area contributed by atoms with Crippen molar-refractivity contribution in [2.75, 3.05) is 5.32 Å². The number of thiazole rings is 1. The van der Waals surface area contributed by atoms with Crippen molar-refractivity contribution in [1.82, 2.24) is 9.38 Å². The van der Waals surface area contributed by atoms with Gasteiger partial charge >= 0.3 is 5.97 Å². The lowest BCUT2D eigenvalue weighted by atomic mass is 10.1. The number of carbonyl (C=O) groups is 2. The van der Waals surface area contributed by atoms with Crippen LogP contribution in [0.1, 0.15) is 12.1 Å². The number of fused-ring (bicyclic) bond motifs is 2. The first-order chi connectivity index (χ1) is 12.6. The average molecular weight is 371 g/mol. The van der Waals surface area contributed by atoms with E-state index in [1.807, 2.05) is 0 Å². The molecule has 26 heavy (non-hydrogen) atoms. The number of anilines is 1.